The normalized spacial score (nSPS) is 10.0. The first-order valence-corrected chi connectivity index (χ1v) is 6.25. The first-order chi connectivity index (χ1) is 9.97. The number of pyridine rings is 1. The van der Waals surface area contributed by atoms with Crippen molar-refractivity contribution in [1.82, 2.24) is 9.88 Å². The lowest BCUT2D eigenvalue weighted by molar-refractivity contribution is 0.0696. The lowest BCUT2D eigenvalue weighted by Gasteiger charge is -2.11. The van der Waals surface area contributed by atoms with Crippen molar-refractivity contribution in [3.8, 4) is 0 Å². The number of anilines is 2. The zero-order valence-electron chi connectivity index (χ0n) is 11.7. The molecule has 0 atom stereocenters. The molecule has 21 heavy (non-hydrogen) atoms. The topological polar surface area (TPSA) is 82.5 Å². The number of nitrogens with one attached hydrogen (secondary N) is 1. The van der Waals surface area contributed by atoms with E-state index in [4.69, 9.17) is 5.11 Å². The van der Waals surface area contributed by atoms with E-state index >= 15 is 0 Å². The van der Waals surface area contributed by atoms with Crippen LogP contribution in [0, 0.1) is 0 Å². The van der Waals surface area contributed by atoms with Gasteiger partial charge in [-0.2, -0.15) is 0 Å². The Labute approximate surface area is 122 Å². The van der Waals surface area contributed by atoms with Crippen LogP contribution in [-0.4, -0.2) is 41.0 Å². The minimum absolute atomic E-state index is 0.181. The largest absolute Gasteiger partial charge is 0.478 e. The van der Waals surface area contributed by atoms with Crippen LogP contribution in [0.25, 0.3) is 0 Å². The van der Waals surface area contributed by atoms with Crippen molar-refractivity contribution in [2.45, 2.75) is 0 Å². The van der Waals surface area contributed by atoms with Gasteiger partial charge in [0.25, 0.3) is 5.91 Å². The minimum Gasteiger partial charge on any atom is -0.478 e. The summed E-state index contributed by atoms with van der Waals surface area (Å²) in [5, 5.41) is 11.9. The van der Waals surface area contributed by atoms with Crippen molar-refractivity contribution >= 4 is 23.3 Å². The molecule has 2 rings (SSSR count). The zero-order valence-corrected chi connectivity index (χ0v) is 11.7. The second-order valence-electron chi connectivity index (χ2n) is 4.64. The molecule has 0 aliphatic rings. The molecule has 0 radical (unpaired) electrons. The number of aromatic nitrogens is 1. The van der Waals surface area contributed by atoms with Gasteiger partial charge in [-0.05, 0) is 36.4 Å². The van der Waals surface area contributed by atoms with Crippen LogP contribution in [0.3, 0.4) is 0 Å². The van der Waals surface area contributed by atoms with Gasteiger partial charge in [0.2, 0.25) is 0 Å². The summed E-state index contributed by atoms with van der Waals surface area (Å²) in [4.78, 5) is 28.1. The lowest BCUT2D eigenvalue weighted by Crippen LogP contribution is -2.22. The molecule has 2 aromatic rings. The van der Waals surface area contributed by atoms with E-state index in [1.54, 1.807) is 44.6 Å². The number of carbonyl (C=O) groups is 2. The molecule has 0 saturated carbocycles. The molecule has 1 heterocycles. The second-order valence-corrected chi connectivity index (χ2v) is 4.64. The molecule has 1 aromatic heterocycles. The number of hydrogen-bond donors (Lipinski definition) is 2. The van der Waals surface area contributed by atoms with E-state index in [9.17, 15) is 9.59 Å². The molecule has 0 fully saturated rings. The molecule has 0 unspecified atom stereocenters. The van der Waals surface area contributed by atoms with Gasteiger partial charge in [-0.3, -0.25) is 9.78 Å². The van der Waals surface area contributed by atoms with Crippen LogP contribution in [0.1, 0.15) is 20.8 Å². The third kappa shape index (κ3) is 3.56. The van der Waals surface area contributed by atoms with Gasteiger partial charge in [0.1, 0.15) is 5.69 Å². The van der Waals surface area contributed by atoms with E-state index in [0.717, 1.165) is 5.69 Å². The quantitative estimate of drug-likeness (QED) is 0.900. The third-order valence-corrected chi connectivity index (χ3v) is 2.81. The SMILES string of the molecule is CN(C)C(=O)c1cc(Nc2ccc(C(=O)O)cc2)ccn1. The van der Waals surface area contributed by atoms with Crippen molar-refractivity contribution in [3.63, 3.8) is 0 Å². The average molecular weight is 285 g/mol. The Kier molecular flexibility index (Phi) is 4.18. The molecule has 2 N–H and O–H groups in total. The minimum atomic E-state index is -0.968. The highest BCUT2D eigenvalue weighted by atomic mass is 16.4. The molecule has 6 nitrogen and oxygen atoms in total. The highest BCUT2D eigenvalue weighted by molar-refractivity contribution is 5.93. The summed E-state index contributed by atoms with van der Waals surface area (Å²) in [5.41, 5.74) is 2.00. The molecule has 1 aromatic carbocycles. The number of aromatic carboxylic acids is 1. The lowest BCUT2D eigenvalue weighted by atomic mass is 10.2. The molecule has 108 valence electrons. The van der Waals surface area contributed by atoms with E-state index in [1.807, 2.05) is 0 Å². The number of carboxylic acids is 1. The van der Waals surface area contributed by atoms with Crippen molar-refractivity contribution < 1.29 is 14.7 Å². The molecular weight excluding hydrogens is 270 g/mol. The molecule has 0 aliphatic carbocycles. The Bertz CT molecular complexity index is 666. The maximum Gasteiger partial charge on any atom is 0.335 e. The highest BCUT2D eigenvalue weighted by Gasteiger charge is 2.10. The standard InChI is InChI=1S/C15H15N3O3/c1-18(2)14(19)13-9-12(7-8-16-13)17-11-5-3-10(4-6-11)15(20)21/h3-9H,1-2H3,(H,16,17)(H,20,21). The maximum absolute atomic E-state index is 11.8. The fraction of sp³-hybridized carbons (Fsp3) is 0.133. The zero-order chi connectivity index (χ0) is 15.4. The van der Waals surface area contributed by atoms with E-state index in [0.29, 0.717) is 11.4 Å². The number of hydrogen-bond acceptors (Lipinski definition) is 4. The molecule has 0 aliphatic heterocycles. The van der Waals surface area contributed by atoms with Crippen molar-refractivity contribution in [1.29, 1.82) is 0 Å². The summed E-state index contributed by atoms with van der Waals surface area (Å²) in [6, 6.07) is 9.73. The van der Waals surface area contributed by atoms with Gasteiger partial charge in [-0.1, -0.05) is 0 Å². The predicted molar refractivity (Wildman–Crippen MR) is 78.9 cm³/mol. The first kappa shape index (κ1) is 14.5. The molecular formula is C15H15N3O3. The fourth-order valence-corrected chi connectivity index (χ4v) is 1.72. The number of carboxylic acid groups (broad SMARTS) is 1. The van der Waals surface area contributed by atoms with E-state index in [-0.39, 0.29) is 11.5 Å². The Morgan fingerprint density at radius 1 is 1.10 bits per heavy atom. The van der Waals surface area contributed by atoms with Crippen LogP contribution in [0.15, 0.2) is 42.6 Å². The van der Waals surface area contributed by atoms with Crippen LogP contribution in [0.4, 0.5) is 11.4 Å². The smallest absolute Gasteiger partial charge is 0.335 e. The average Bonchev–Trinajstić information content (AvgIpc) is 2.47. The Hall–Kier alpha value is -2.89. The first-order valence-electron chi connectivity index (χ1n) is 6.25. The van der Waals surface area contributed by atoms with Gasteiger partial charge in [-0.15, -0.1) is 0 Å². The molecule has 0 saturated heterocycles. The maximum atomic E-state index is 11.8. The molecule has 0 spiro atoms. The van der Waals surface area contributed by atoms with Gasteiger partial charge in [0.05, 0.1) is 5.56 Å². The highest BCUT2D eigenvalue weighted by Crippen LogP contribution is 2.17. The van der Waals surface area contributed by atoms with Gasteiger partial charge in [-0.25, -0.2) is 4.79 Å². The number of nitrogens with zero attached hydrogens (tertiary/aromatic N) is 2. The summed E-state index contributed by atoms with van der Waals surface area (Å²) < 4.78 is 0. The van der Waals surface area contributed by atoms with Crippen LogP contribution in [0.2, 0.25) is 0 Å². The summed E-state index contributed by atoms with van der Waals surface area (Å²) in [5.74, 6) is -1.15. The monoisotopic (exact) mass is 285 g/mol. The second kappa shape index (κ2) is 6.04. The van der Waals surface area contributed by atoms with Crippen LogP contribution in [-0.2, 0) is 0 Å². The van der Waals surface area contributed by atoms with Crippen molar-refractivity contribution in [3.05, 3.63) is 53.9 Å². The third-order valence-electron chi connectivity index (χ3n) is 2.81. The Balaban J connectivity index is 2.18. The number of benzene rings is 1. The molecule has 0 bridgehead atoms. The molecule has 6 heteroatoms. The summed E-state index contributed by atoms with van der Waals surface area (Å²) in [7, 11) is 3.32. The van der Waals surface area contributed by atoms with E-state index < -0.39 is 5.97 Å². The molecule has 1 amide bonds. The Morgan fingerprint density at radius 2 is 1.76 bits per heavy atom. The number of amides is 1. The summed E-state index contributed by atoms with van der Waals surface area (Å²) in [6.07, 6.45) is 1.55. The summed E-state index contributed by atoms with van der Waals surface area (Å²) >= 11 is 0. The van der Waals surface area contributed by atoms with Crippen LogP contribution in [0.5, 0.6) is 0 Å². The van der Waals surface area contributed by atoms with Crippen molar-refractivity contribution in [2.75, 3.05) is 19.4 Å². The van der Waals surface area contributed by atoms with Gasteiger partial charge < -0.3 is 15.3 Å². The summed E-state index contributed by atoms with van der Waals surface area (Å²) in [6.45, 7) is 0. The fourth-order valence-electron chi connectivity index (χ4n) is 1.72. The van der Waals surface area contributed by atoms with Crippen LogP contribution < -0.4 is 5.32 Å². The van der Waals surface area contributed by atoms with Gasteiger partial charge >= 0.3 is 5.97 Å². The van der Waals surface area contributed by atoms with Gasteiger partial charge in [0, 0.05) is 31.7 Å². The van der Waals surface area contributed by atoms with Crippen molar-refractivity contribution in [2.24, 2.45) is 0 Å². The van der Waals surface area contributed by atoms with E-state index in [1.165, 1.54) is 17.0 Å². The number of rotatable bonds is 4. The van der Waals surface area contributed by atoms with Gasteiger partial charge in [0.15, 0.2) is 0 Å². The van der Waals surface area contributed by atoms with Crippen LogP contribution >= 0.6 is 0 Å². The number of carbonyl (C=O) groups excluding carboxylic acids is 1. The Morgan fingerprint density at radius 3 is 2.33 bits per heavy atom. The predicted octanol–water partition coefficient (Wildman–Crippen LogP) is 2.23. The van der Waals surface area contributed by atoms with E-state index in [2.05, 4.69) is 10.3 Å².